The first kappa shape index (κ1) is 16.4. The quantitative estimate of drug-likeness (QED) is 0.848. The lowest BCUT2D eigenvalue weighted by Gasteiger charge is -2.28. The molecule has 1 unspecified atom stereocenters. The van der Waals surface area contributed by atoms with Crippen LogP contribution in [0, 0.1) is 0 Å². The highest BCUT2D eigenvalue weighted by Gasteiger charge is 2.14. The van der Waals surface area contributed by atoms with E-state index in [9.17, 15) is 5.11 Å². The molecule has 0 amide bonds. The monoisotopic (exact) mass is 333 g/mol. The van der Waals surface area contributed by atoms with Crippen LogP contribution in [0.1, 0.15) is 24.8 Å². The number of benzene rings is 1. The fraction of sp³-hybridized carbons (Fsp3) is 0.600. The molecule has 0 aliphatic carbocycles. The van der Waals surface area contributed by atoms with Gasteiger partial charge in [0.25, 0.3) is 0 Å². The minimum absolute atomic E-state index is 0.249. The van der Waals surface area contributed by atoms with Crippen molar-refractivity contribution in [2.75, 3.05) is 25.4 Å². The smallest absolute Gasteiger partial charge is 0.0757 e. The van der Waals surface area contributed by atoms with Gasteiger partial charge in [-0.3, -0.25) is 0 Å². The van der Waals surface area contributed by atoms with E-state index in [1.807, 2.05) is 18.2 Å². The fourth-order valence-electron chi connectivity index (χ4n) is 2.43. The SMILES string of the molecule is OC(CSCc1ccc(Cl)c(Cl)c1)CN1CCCCC1. The molecule has 1 heterocycles. The van der Waals surface area contributed by atoms with Crippen LogP contribution in [0.2, 0.25) is 10.0 Å². The van der Waals surface area contributed by atoms with E-state index in [0.29, 0.717) is 10.0 Å². The Labute approximate surface area is 135 Å². The number of β-amino-alcohol motifs (C(OH)–C–C–N with tert-alkyl or cyclic N) is 1. The third kappa shape index (κ3) is 5.45. The number of aliphatic hydroxyl groups excluding tert-OH is 1. The molecule has 5 heteroatoms. The average molecular weight is 334 g/mol. The number of hydrogen-bond donors (Lipinski definition) is 1. The Morgan fingerprint density at radius 2 is 1.90 bits per heavy atom. The van der Waals surface area contributed by atoms with Gasteiger partial charge in [0.15, 0.2) is 0 Å². The molecule has 1 N–H and O–H groups in total. The molecule has 1 atom stereocenters. The van der Waals surface area contributed by atoms with Crippen molar-refractivity contribution in [2.45, 2.75) is 31.1 Å². The van der Waals surface area contributed by atoms with Crippen molar-refractivity contribution in [3.8, 4) is 0 Å². The Balaban J connectivity index is 1.67. The number of likely N-dealkylation sites (tertiary alicyclic amines) is 1. The highest BCUT2D eigenvalue weighted by atomic mass is 35.5. The Kier molecular flexibility index (Phi) is 6.99. The second kappa shape index (κ2) is 8.50. The standard InChI is InChI=1S/C15H21Cl2NOS/c16-14-5-4-12(8-15(14)17)10-20-11-13(19)9-18-6-2-1-3-7-18/h4-5,8,13,19H,1-3,6-7,9-11H2. The third-order valence-corrected chi connectivity index (χ3v) is 5.38. The van der Waals surface area contributed by atoms with Gasteiger partial charge in [-0.2, -0.15) is 11.8 Å². The summed E-state index contributed by atoms with van der Waals surface area (Å²) in [4.78, 5) is 2.37. The molecule has 2 nitrogen and oxygen atoms in total. The summed E-state index contributed by atoms with van der Waals surface area (Å²) in [6, 6.07) is 5.70. The summed E-state index contributed by atoms with van der Waals surface area (Å²) in [5, 5.41) is 11.3. The lowest BCUT2D eigenvalue weighted by Crippen LogP contribution is -2.37. The second-order valence-electron chi connectivity index (χ2n) is 5.28. The summed E-state index contributed by atoms with van der Waals surface area (Å²) in [7, 11) is 0. The predicted octanol–water partition coefficient (Wildman–Crippen LogP) is 4.07. The number of halogens is 2. The number of thioether (sulfide) groups is 1. The molecule has 0 spiro atoms. The largest absolute Gasteiger partial charge is 0.391 e. The highest BCUT2D eigenvalue weighted by Crippen LogP contribution is 2.25. The van der Waals surface area contributed by atoms with Crippen molar-refractivity contribution in [3.05, 3.63) is 33.8 Å². The van der Waals surface area contributed by atoms with Gasteiger partial charge in [-0.05, 0) is 43.6 Å². The van der Waals surface area contributed by atoms with Crippen molar-refractivity contribution in [1.29, 1.82) is 0 Å². The number of nitrogens with zero attached hydrogens (tertiary/aromatic N) is 1. The Morgan fingerprint density at radius 3 is 2.60 bits per heavy atom. The summed E-state index contributed by atoms with van der Waals surface area (Å²) in [6.07, 6.45) is 3.62. The molecule has 0 bridgehead atoms. The lowest BCUT2D eigenvalue weighted by atomic mass is 10.1. The van der Waals surface area contributed by atoms with Crippen molar-refractivity contribution < 1.29 is 5.11 Å². The lowest BCUT2D eigenvalue weighted by molar-refractivity contribution is 0.117. The summed E-state index contributed by atoms with van der Waals surface area (Å²) in [5.41, 5.74) is 1.15. The van der Waals surface area contributed by atoms with Gasteiger partial charge in [-0.1, -0.05) is 35.7 Å². The first-order valence-electron chi connectivity index (χ1n) is 7.07. The van der Waals surface area contributed by atoms with Crippen LogP contribution in [0.5, 0.6) is 0 Å². The van der Waals surface area contributed by atoms with E-state index >= 15 is 0 Å². The van der Waals surface area contributed by atoms with Gasteiger partial charge in [0.2, 0.25) is 0 Å². The maximum absolute atomic E-state index is 10.1. The molecule has 1 fully saturated rings. The van der Waals surface area contributed by atoms with Crippen molar-refractivity contribution >= 4 is 35.0 Å². The first-order valence-corrected chi connectivity index (χ1v) is 8.98. The maximum atomic E-state index is 10.1. The maximum Gasteiger partial charge on any atom is 0.0757 e. The summed E-state index contributed by atoms with van der Waals surface area (Å²) in [5.74, 6) is 1.62. The molecular formula is C15H21Cl2NOS. The van der Waals surface area contributed by atoms with Gasteiger partial charge in [0, 0.05) is 18.1 Å². The molecule has 1 aromatic rings. The first-order chi connectivity index (χ1) is 9.65. The Bertz CT molecular complexity index is 424. The molecule has 0 radical (unpaired) electrons. The minimum atomic E-state index is -0.249. The zero-order valence-corrected chi connectivity index (χ0v) is 13.9. The summed E-state index contributed by atoms with van der Waals surface area (Å²) >= 11 is 13.6. The molecular weight excluding hydrogens is 313 g/mol. The van der Waals surface area contributed by atoms with Crippen LogP contribution in [-0.4, -0.2) is 41.5 Å². The zero-order chi connectivity index (χ0) is 14.4. The third-order valence-electron chi connectivity index (χ3n) is 3.48. The summed E-state index contributed by atoms with van der Waals surface area (Å²) < 4.78 is 0. The van der Waals surface area contributed by atoms with Crippen LogP contribution in [0.15, 0.2) is 18.2 Å². The van der Waals surface area contributed by atoms with E-state index in [2.05, 4.69) is 4.90 Å². The van der Waals surface area contributed by atoms with E-state index in [-0.39, 0.29) is 6.10 Å². The van der Waals surface area contributed by atoms with Gasteiger partial charge >= 0.3 is 0 Å². The van der Waals surface area contributed by atoms with Gasteiger partial charge in [-0.15, -0.1) is 0 Å². The normalized spacial score (nSPS) is 18.1. The van der Waals surface area contributed by atoms with Crippen LogP contribution in [0.3, 0.4) is 0 Å². The van der Waals surface area contributed by atoms with Crippen molar-refractivity contribution in [1.82, 2.24) is 4.90 Å². The number of aliphatic hydroxyl groups is 1. The summed E-state index contributed by atoms with van der Waals surface area (Å²) in [6.45, 7) is 3.07. The van der Waals surface area contributed by atoms with Crippen LogP contribution in [-0.2, 0) is 5.75 Å². The number of piperidine rings is 1. The molecule has 0 aromatic heterocycles. The van der Waals surface area contributed by atoms with Gasteiger partial charge < -0.3 is 10.0 Å². The predicted molar refractivity (Wildman–Crippen MR) is 88.9 cm³/mol. The van der Waals surface area contributed by atoms with Gasteiger partial charge in [0.1, 0.15) is 0 Å². The van der Waals surface area contributed by atoms with E-state index < -0.39 is 0 Å². The highest BCUT2D eigenvalue weighted by molar-refractivity contribution is 7.98. The van der Waals surface area contributed by atoms with E-state index in [4.69, 9.17) is 23.2 Å². The second-order valence-corrected chi connectivity index (χ2v) is 7.12. The Hall–Kier alpha value is 0.0700. The average Bonchev–Trinajstić information content (AvgIpc) is 2.44. The minimum Gasteiger partial charge on any atom is -0.391 e. The van der Waals surface area contributed by atoms with E-state index in [1.54, 1.807) is 11.8 Å². The van der Waals surface area contributed by atoms with Gasteiger partial charge in [0.05, 0.1) is 16.1 Å². The molecule has 1 aromatic carbocycles. The van der Waals surface area contributed by atoms with Crippen LogP contribution < -0.4 is 0 Å². The fourth-order valence-corrected chi connectivity index (χ4v) is 3.67. The van der Waals surface area contributed by atoms with Crippen molar-refractivity contribution in [3.63, 3.8) is 0 Å². The van der Waals surface area contributed by atoms with E-state index in [1.165, 1.54) is 19.3 Å². The Morgan fingerprint density at radius 1 is 1.15 bits per heavy atom. The van der Waals surface area contributed by atoms with Crippen LogP contribution in [0.4, 0.5) is 0 Å². The zero-order valence-electron chi connectivity index (χ0n) is 11.5. The topological polar surface area (TPSA) is 23.5 Å². The number of hydrogen-bond acceptors (Lipinski definition) is 3. The molecule has 1 saturated heterocycles. The molecule has 0 saturated carbocycles. The van der Waals surface area contributed by atoms with Crippen LogP contribution >= 0.6 is 35.0 Å². The molecule has 112 valence electrons. The molecule has 20 heavy (non-hydrogen) atoms. The van der Waals surface area contributed by atoms with E-state index in [0.717, 1.165) is 36.7 Å². The van der Waals surface area contributed by atoms with Gasteiger partial charge in [-0.25, -0.2) is 0 Å². The van der Waals surface area contributed by atoms with Crippen LogP contribution in [0.25, 0.3) is 0 Å². The van der Waals surface area contributed by atoms with Crippen molar-refractivity contribution in [2.24, 2.45) is 0 Å². The number of rotatable bonds is 6. The molecule has 2 rings (SSSR count). The molecule has 1 aliphatic heterocycles. The molecule has 1 aliphatic rings.